The highest BCUT2D eigenvalue weighted by molar-refractivity contribution is 6.30. The summed E-state index contributed by atoms with van der Waals surface area (Å²) in [6, 6.07) is 14.9. The van der Waals surface area contributed by atoms with E-state index in [1.807, 2.05) is 17.0 Å². The van der Waals surface area contributed by atoms with E-state index in [-0.39, 0.29) is 24.4 Å². The Bertz CT molecular complexity index is 803. The second kappa shape index (κ2) is 5.95. The van der Waals surface area contributed by atoms with Gasteiger partial charge in [-0.05, 0) is 41.8 Å². The van der Waals surface area contributed by atoms with Crippen molar-refractivity contribution < 1.29 is 9.59 Å². The van der Waals surface area contributed by atoms with Crippen molar-refractivity contribution in [3.63, 3.8) is 0 Å². The molecule has 0 aliphatic carbocycles. The molecule has 0 saturated carbocycles. The first-order chi connectivity index (χ1) is 11.6. The third-order valence-corrected chi connectivity index (χ3v) is 5.08. The lowest BCUT2D eigenvalue weighted by molar-refractivity contribution is -0.139. The molecule has 1 unspecified atom stereocenters. The van der Waals surface area contributed by atoms with Gasteiger partial charge >= 0.3 is 0 Å². The average Bonchev–Trinajstić information content (AvgIpc) is 2.61. The lowest BCUT2D eigenvalue weighted by Gasteiger charge is -2.44. The van der Waals surface area contributed by atoms with Crippen LogP contribution in [0.1, 0.15) is 27.5 Å². The van der Waals surface area contributed by atoms with Crippen molar-refractivity contribution in [3.8, 4) is 0 Å². The molecule has 2 amide bonds. The fourth-order valence-electron chi connectivity index (χ4n) is 3.60. The van der Waals surface area contributed by atoms with Gasteiger partial charge in [0.25, 0.3) is 5.91 Å². The van der Waals surface area contributed by atoms with E-state index in [1.165, 1.54) is 5.56 Å². The number of fused-ring (bicyclic) bond motifs is 3. The highest BCUT2D eigenvalue weighted by Crippen LogP contribution is 2.33. The van der Waals surface area contributed by atoms with Crippen molar-refractivity contribution in [1.29, 1.82) is 0 Å². The number of benzene rings is 2. The van der Waals surface area contributed by atoms with Gasteiger partial charge in [-0.1, -0.05) is 35.9 Å². The molecule has 122 valence electrons. The Morgan fingerprint density at radius 2 is 1.83 bits per heavy atom. The summed E-state index contributed by atoms with van der Waals surface area (Å²) >= 11 is 5.89. The van der Waals surface area contributed by atoms with E-state index in [2.05, 4.69) is 12.1 Å². The number of hydrogen-bond acceptors (Lipinski definition) is 2. The molecular weight excluding hydrogens is 324 g/mol. The SMILES string of the molecule is O=C(c1ccc(Cl)cc1)N1CC(=O)N2CCc3ccccc3C2C1. The Hall–Kier alpha value is -2.33. The lowest BCUT2D eigenvalue weighted by atomic mass is 9.90. The molecule has 2 aromatic carbocycles. The average molecular weight is 341 g/mol. The van der Waals surface area contributed by atoms with Crippen molar-refractivity contribution >= 4 is 23.4 Å². The van der Waals surface area contributed by atoms with Crippen LogP contribution in [0, 0.1) is 0 Å². The summed E-state index contributed by atoms with van der Waals surface area (Å²) in [7, 11) is 0. The van der Waals surface area contributed by atoms with Gasteiger partial charge in [0, 0.05) is 23.7 Å². The first-order valence-corrected chi connectivity index (χ1v) is 8.43. The third-order valence-electron chi connectivity index (χ3n) is 4.83. The molecule has 4 rings (SSSR count). The summed E-state index contributed by atoms with van der Waals surface area (Å²) in [6.45, 7) is 1.40. The van der Waals surface area contributed by atoms with Gasteiger partial charge in [0.05, 0.1) is 6.04 Å². The number of nitrogens with zero attached hydrogens (tertiary/aromatic N) is 2. The zero-order chi connectivity index (χ0) is 16.7. The number of hydrogen-bond donors (Lipinski definition) is 0. The van der Waals surface area contributed by atoms with Crippen molar-refractivity contribution in [2.75, 3.05) is 19.6 Å². The summed E-state index contributed by atoms with van der Waals surface area (Å²) in [5.74, 6) is -0.106. The maximum atomic E-state index is 12.8. The molecule has 2 aliphatic heterocycles. The number of carbonyl (C=O) groups is 2. The quantitative estimate of drug-likeness (QED) is 0.801. The van der Waals surface area contributed by atoms with Crippen LogP contribution >= 0.6 is 11.6 Å². The fourth-order valence-corrected chi connectivity index (χ4v) is 3.73. The topological polar surface area (TPSA) is 40.6 Å². The highest BCUT2D eigenvalue weighted by Gasteiger charge is 2.38. The minimum Gasteiger partial charge on any atom is -0.332 e. The highest BCUT2D eigenvalue weighted by atomic mass is 35.5. The van der Waals surface area contributed by atoms with Gasteiger partial charge in [-0.2, -0.15) is 0 Å². The number of piperazine rings is 1. The number of carbonyl (C=O) groups excluding carboxylic acids is 2. The van der Waals surface area contributed by atoms with Crippen LogP contribution in [0.4, 0.5) is 0 Å². The Balaban J connectivity index is 1.63. The van der Waals surface area contributed by atoms with Crippen LogP contribution in [0.2, 0.25) is 5.02 Å². The minimum atomic E-state index is -0.122. The zero-order valence-corrected chi connectivity index (χ0v) is 13.9. The molecule has 24 heavy (non-hydrogen) atoms. The van der Waals surface area contributed by atoms with Crippen molar-refractivity contribution in [3.05, 3.63) is 70.2 Å². The molecule has 1 atom stereocenters. The van der Waals surface area contributed by atoms with Crippen LogP contribution in [-0.2, 0) is 11.2 Å². The van der Waals surface area contributed by atoms with Crippen molar-refractivity contribution in [1.82, 2.24) is 9.80 Å². The van der Waals surface area contributed by atoms with Crippen LogP contribution in [0.5, 0.6) is 0 Å². The second-order valence-electron chi connectivity index (χ2n) is 6.24. The second-order valence-corrected chi connectivity index (χ2v) is 6.68. The lowest BCUT2D eigenvalue weighted by Crippen LogP contribution is -2.55. The molecule has 2 aromatic rings. The fraction of sp³-hybridized carbons (Fsp3) is 0.263. The Morgan fingerprint density at radius 3 is 2.62 bits per heavy atom. The van der Waals surface area contributed by atoms with E-state index >= 15 is 0 Å². The van der Waals surface area contributed by atoms with Crippen LogP contribution in [0.15, 0.2) is 48.5 Å². The van der Waals surface area contributed by atoms with Gasteiger partial charge in [-0.3, -0.25) is 9.59 Å². The van der Waals surface area contributed by atoms with Crippen LogP contribution in [-0.4, -0.2) is 41.2 Å². The number of amides is 2. The van der Waals surface area contributed by atoms with E-state index in [9.17, 15) is 9.59 Å². The molecule has 2 heterocycles. The van der Waals surface area contributed by atoms with Crippen molar-refractivity contribution in [2.24, 2.45) is 0 Å². The first-order valence-electron chi connectivity index (χ1n) is 8.05. The summed E-state index contributed by atoms with van der Waals surface area (Å²) in [4.78, 5) is 28.9. The largest absolute Gasteiger partial charge is 0.332 e. The molecule has 4 nitrogen and oxygen atoms in total. The molecule has 0 aromatic heterocycles. The maximum absolute atomic E-state index is 12.8. The van der Waals surface area contributed by atoms with Crippen LogP contribution < -0.4 is 0 Å². The van der Waals surface area contributed by atoms with E-state index in [0.29, 0.717) is 17.1 Å². The third kappa shape index (κ3) is 2.57. The molecule has 1 saturated heterocycles. The van der Waals surface area contributed by atoms with Gasteiger partial charge in [0.2, 0.25) is 5.91 Å². The van der Waals surface area contributed by atoms with E-state index in [4.69, 9.17) is 11.6 Å². The van der Waals surface area contributed by atoms with E-state index in [1.54, 1.807) is 29.2 Å². The molecule has 0 N–H and O–H groups in total. The number of halogens is 1. The normalized spacial score (nSPS) is 19.7. The van der Waals surface area contributed by atoms with Gasteiger partial charge in [0.15, 0.2) is 0 Å². The van der Waals surface area contributed by atoms with Gasteiger partial charge < -0.3 is 9.80 Å². The predicted octanol–water partition coefficient (Wildman–Crippen LogP) is 2.92. The molecule has 0 bridgehead atoms. The monoisotopic (exact) mass is 340 g/mol. The zero-order valence-electron chi connectivity index (χ0n) is 13.1. The Morgan fingerprint density at radius 1 is 1.08 bits per heavy atom. The minimum absolute atomic E-state index is 0.0167. The number of rotatable bonds is 1. The maximum Gasteiger partial charge on any atom is 0.254 e. The molecule has 5 heteroatoms. The smallest absolute Gasteiger partial charge is 0.254 e. The van der Waals surface area contributed by atoms with E-state index in [0.717, 1.165) is 18.5 Å². The van der Waals surface area contributed by atoms with Gasteiger partial charge in [0.1, 0.15) is 6.54 Å². The molecule has 0 spiro atoms. The molecule has 1 fully saturated rings. The Kier molecular flexibility index (Phi) is 3.77. The molecule has 0 radical (unpaired) electrons. The first kappa shape index (κ1) is 15.2. The van der Waals surface area contributed by atoms with Gasteiger partial charge in [-0.15, -0.1) is 0 Å². The summed E-state index contributed by atoms with van der Waals surface area (Å²) < 4.78 is 0. The van der Waals surface area contributed by atoms with E-state index < -0.39 is 0 Å². The van der Waals surface area contributed by atoms with Gasteiger partial charge in [-0.25, -0.2) is 0 Å². The van der Waals surface area contributed by atoms with Crippen LogP contribution in [0.3, 0.4) is 0 Å². The summed E-state index contributed by atoms with van der Waals surface area (Å²) in [5.41, 5.74) is 2.99. The standard InChI is InChI=1S/C19H17ClN2O2/c20-15-7-5-14(6-8-15)19(24)21-11-17-16-4-2-1-3-13(16)9-10-22(17)18(23)12-21/h1-8,17H,9-12H2. The van der Waals surface area contributed by atoms with Crippen LogP contribution in [0.25, 0.3) is 0 Å². The summed E-state index contributed by atoms with van der Waals surface area (Å²) in [5, 5.41) is 0.591. The Labute approximate surface area is 145 Å². The van der Waals surface area contributed by atoms with Crippen molar-refractivity contribution in [2.45, 2.75) is 12.5 Å². The molecule has 2 aliphatic rings. The summed E-state index contributed by atoms with van der Waals surface area (Å²) in [6.07, 6.45) is 0.879. The molecular formula is C19H17ClN2O2. The predicted molar refractivity (Wildman–Crippen MR) is 92.0 cm³/mol.